The van der Waals surface area contributed by atoms with Crippen molar-refractivity contribution in [2.45, 2.75) is 33.7 Å². The van der Waals surface area contributed by atoms with E-state index >= 15 is 0 Å². The van der Waals surface area contributed by atoms with Gasteiger partial charge in [0.1, 0.15) is 6.04 Å². The number of nitrogens with one attached hydrogen (secondary N) is 1. The van der Waals surface area contributed by atoms with Gasteiger partial charge in [-0.1, -0.05) is 27.7 Å². The highest BCUT2D eigenvalue weighted by molar-refractivity contribution is 5.82. The van der Waals surface area contributed by atoms with E-state index in [4.69, 9.17) is 5.73 Å². The molecule has 16 heavy (non-hydrogen) atoms. The van der Waals surface area contributed by atoms with E-state index in [-0.39, 0.29) is 17.4 Å². The Morgan fingerprint density at radius 2 is 2.19 bits per heavy atom. The molecule has 1 unspecified atom stereocenters. The summed E-state index contributed by atoms with van der Waals surface area (Å²) in [6.07, 6.45) is 0. The summed E-state index contributed by atoms with van der Waals surface area (Å²) in [4.78, 5) is 14.1. The van der Waals surface area contributed by atoms with E-state index in [2.05, 4.69) is 37.9 Å². The predicted molar refractivity (Wildman–Crippen MR) is 66.0 cm³/mol. The van der Waals surface area contributed by atoms with Gasteiger partial charge in [0.15, 0.2) is 0 Å². The van der Waals surface area contributed by atoms with Gasteiger partial charge in [-0.25, -0.2) is 0 Å². The highest BCUT2D eigenvalue weighted by Crippen LogP contribution is 2.21. The summed E-state index contributed by atoms with van der Waals surface area (Å²) >= 11 is 0. The molecule has 1 aliphatic rings. The van der Waals surface area contributed by atoms with Crippen molar-refractivity contribution in [1.29, 1.82) is 0 Å². The third kappa shape index (κ3) is 3.46. The van der Waals surface area contributed by atoms with Crippen LogP contribution in [0.2, 0.25) is 0 Å². The van der Waals surface area contributed by atoms with Crippen LogP contribution in [0.5, 0.6) is 0 Å². The van der Waals surface area contributed by atoms with Crippen LogP contribution >= 0.6 is 0 Å². The average Bonchev–Trinajstić information content (AvgIpc) is 2.23. The van der Waals surface area contributed by atoms with Gasteiger partial charge >= 0.3 is 0 Å². The van der Waals surface area contributed by atoms with E-state index in [0.29, 0.717) is 12.5 Å². The van der Waals surface area contributed by atoms with Gasteiger partial charge in [0.25, 0.3) is 0 Å². The van der Waals surface area contributed by atoms with Gasteiger partial charge in [-0.2, -0.15) is 0 Å². The lowest BCUT2D eigenvalue weighted by Gasteiger charge is -2.33. The van der Waals surface area contributed by atoms with Crippen LogP contribution < -0.4 is 11.1 Å². The molecule has 1 rings (SSSR count). The molecule has 1 fully saturated rings. The minimum Gasteiger partial charge on any atom is -0.354 e. The van der Waals surface area contributed by atoms with E-state index in [1.54, 1.807) is 0 Å². The number of nitrogens with zero attached hydrogens (tertiary/aromatic N) is 1. The van der Waals surface area contributed by atoms with E-state index < -0.39 is 0 Å². The highest BCUT2D eigenvalue weighted by atomic mass is 16.2. The first kappa shape index (κ1) is 13.5. The van der Waals surface area contributed by atoms with E-state index in [1.165, 1.54) is 0 Å². The molecule has 4 heteroatoms. The Hall–Kier alpha value is -0.610. The zero-order chi connectivity index (χ0) is 12.3. The maximum Gasteiger partial charge on any atom is 0.238 e. The predicted octanol–water partition coefficient (Wildman–Crippen LogP) is 0.428. The SMILES string of the molecule is CC(C)CN1CC(C)(C)CNC(=O)C1CN. The molecule has 1 atom stereocenters. The second-order valence-electron chi connectivity index (χ2n) is 5.96. The second-order valence-corrected chi connectivity index (χ2v) is 5.96. The molecule has 0 bridgehead atoms. The molecule has 0 aromatic heterocycles. The molecule has 1 saturated heterocycles. The summed E-state index contributed by atoms with van der Waals surface area (Å²) in [6.45, 7) is 11.7. The van der Waals surface area contributed by atoms with Gasteiger partial charge in [0, 0.05) is 26.2 Å². The van der Waals surface area contributed by atoms with Crippen LogP contribution in [-0.2, 0) is 4.79 Å². The standard InChI is InChI=1S/C12H25N3O/c1-9(2)6-15-8-12(3,4)7-14-11(16)10(15)5-13/h9-10H,5-8,13H2,1-4H3,(H,14,16). The summed E-state index contributed by atoms with van der Waals surface area (Å²) in [5.74, 6) is 0.629. The minimum atomic E-state index is -0.163. The first-order valence-electron chi connectivity index (χ1n) is 6.07. The Balaban J connectivity index is 2.82. The van der Waals surface area contributed by atoms with Crippen molar-refractivity contribution in [3.05, 3.63) is 0 Å². The Kier molecular flexibility index (Phi) is 4.33. The molecule has 94 valence electrons. The number of carbonyl (C=O) groups is 1. The molecule has 4 nitrogen and oxygen atoms in total. The largest absolute Gasteiger partial charge is 0.354 e. The summed E-state index contributed by atoms with van der Waals surface area (Å²) in [5, 5.41) is 2.98. The molecule has 1 amide bonds. The molecular weight excluding hydrogens is 202 g/mol. The van der Waals surface area contributed by atoms with Crippen LogP contribution in [-0.4, -0.2) is 43.0 Å². The Morgan fingerprint density at radius 3 is 2.69 bits per heavy atom. The molecule has 1 heterocycles. The smallest absolute Gasteiger partial charge is 0.238 e. The number of carbonyl (C=O) groups excluding carboxylic acids is 1. The molecule has 0 aromatic carbocycles. The van der Waals surface area contributed by atoms with Gasteiger partial charge in [0.2, 0.25) is 5.91 Å². The number of rotatable bonds is 3. The average molecular weight is 227 g/mol. The number of hydrogen-bond acceptors (Lipinski definition) is 3. The number of hydrogen-bond donors (Lipinski definition) is 2. The third-order valence-electron chi connectivity index (χ3n) is 2.94. The van der Waals surface area contributed by atoms with Crippen LogP contribution in [0.3, 0.4) is 0 Å². The quantitative estimate of drug-likeness (QED) is 0.735. The van der Waals surface area contributed by atoms with Crippen LogP contribution in [0.25, 0.3) is 0 Å². The molecule has 1 aliphatic heterocycles. The molecule has 0 aliphatic carbocycles. The van der Waals surface area contributed by atoms with Crippen molar-refractivity contribution in [3.8, 4) is 0 Å². The van der Waals surface area contributed by atoms with Gasteiger partial charge in [0.05, 0.1) is 0 Å². The normalized spacial score (nSPS) is 26.6. The summed E-state index contributed by atoms with van der Waals surface area (Å²) in [6, 6.07) is -0.163. The third-order valence-corrected chi connectivity index (χ3v) is 2.94. The first-order valence-corrected chi connectivity index (χ1v) is 6.07. The van der Waals surface area contributed by atoms with E-state index in [0.717, 1.165) is 19.6 Å². The monoisotopic (exact) mass is 227 g/mol. The molecule has 0 radical (unpaired) electrons. The summed E-state index contributed by atoms with van der Waals surface area (Å²) in [7, 11) is 0. The fraction of sp³-hybridized carbons (Fsp3) is 0.917. The lowest BCUT2D eigenvalue weighted by atomic mass is 9.92. The molecule has 0 aromatic rings. The molecule has 3 N–H and O–H groups in total. The summed E-state index contributed by atoms with van der Waals surface area (Å²) in [5.41, 5.74) is 5.83. The maximum atomic E-state index is 11.9. The van der Waals surface area contributed by atoms with Crippen LogP contribution in [0.1, 0.15) is 27.7 Å². The fourth-order valence-corrected chi connectivity index (χ4v) is 2.24. The van der Waals surface area contributed by atoms with Gasteiger partial charge in [-0.05, 0) is 11.3 Å². The fourth-order valence-electron chi connectivity index (χ4n) is 2.24. The van der Waals surface area contributed by atoms with Gasteiger partial charge in [-0.3, -0.25) is 9.69 Å². The van der Waals surface area contributed by atoms with Crippen molar-refractivity contribution in [3.63, 3.8) is 0 Å². The molecular formula is C12H25N3O. The zero-order valence-corrected chi connectivity index (χ0v) is 10.9. The van der Waals surface area contributed by atoms with Crippen LogP contribution in [0.4, 0.5) is 0 Å². The van der Waals surface area contributed by atoms with E-state index in [1.807, 2.05) is 0 Å². The Morgan fingerprint density at radius 1 is 1.56 bits per heavy atom. The second kappa shape index (κ2) is 5.15. The maximum absolute atomic E-state index is 11.9. The van der Waals surface area contributed by atoms with Crippen molar-refractivity contribution in [1.82, 2.24) is 10.2 Å². The minimum absolute atomic E-state index is 0.0775. The first-order chi connectivity index (χ1) is 7.35. The molecule has 0 spiro atoms. The zero-order valence-electron chi connectivity index (χ0n) is 10.9. The Labute approximate surface area is 98.6 Å². The lowest BCUT2D eigenvalue weighted by Crippen LogP contribution is -2.50. The van der Waals surface area contributed by atoms with Crippen LogP contribution in [0, 0.1) is 11.3 Å². The van der Waals surface area contributed by atoms with Crippen molar-refractivity contribution >= 4 is 5.91 Å². The van der Waals surface area contributed by atoms with Crippen molar-refractivity contribution < 1.29 is 4.79 Å². The van der Waals surface area contributed by atoms with Gasteiger partial charge < -0.3 is 11.1 Å². The lowest BCUT2D eigenvalue weighted by molar-refractivity contribution is -0.125. The number of amides is 1. The number of nitrogens with two attached hydrogens (primary N) is 1. The van der Waals surface area contributed by atoms with Crippen molar-refractivity contribution in [2.75, 3.05) is 26.2 Å². The van der Waals surface area contributed by atoms with Gasteiger partial charge in [-0.15, -0.1) is 0 Å². The Bertz CT molecular complexity index is 251. The molecule has 0 saturated carbocycles. The van der Waals surface area contributed by atoms with Crippen LogP contribution in [0.15, 0.2) is 0 Å². The van der Waals surface area contributed by atoms with E-state index in [9.17, 15) is 4.79 Å². The topological polar surface area (TPSA) is 58.4 Å². The highest BCUT2D eigenvalue weighted by Gasteiger charge is 2.34. The summed E-state index contributed by atoms with van der Waals surface area (Å²) < 4.78 is 0. The van der Waals surface area contributed by atoms with Crippen molar-refractivity contribution in [2.24, 2.45) is 17.1 Å².